The number of carbonyl (C=O) groups is 2. The molecule has 38 heavy (non-hydrogen) atoms. The Kier molecular flexibility index (Phi) is 4.79. The predicted octanol–water partition coefficient (Wildman–Crippen LogP) is 3.91. The first kappa shape index (κ1) is 23.0. The van der Waals surface area contributed by atoms with Crippen LogP contribution in [-0.4, -0.2) is 27.4 Å². The molecule has 0 unspecified atom stereocenters. The molecular formula is C30H25FN4O3. The molecule has 4 atom stereocenters. The first-order chi connectivity index (χ1) is 18.3. The molecular weight excluding hydrogens is 483 g/mol. The molecule has 3 aliphatic heterocycles. The Hall–Kier alpha value is -4.17. The minimum Gasteiger partial charge on any atom is -0.297 e. The summed E-state index contributed by atoms with van der Waals surface area (Å²) in [6.45, 7) is 4.12. The number of hydrogen-bond acceptors (Lipinski definition) is 5. The van der Waals surface area contributed by atoms with Crippen molar-refractivity contribution >= 4 is 28.4 Å². The molecule has 3 aliphatic rings. The molecule has 8 heteroatoms. The molecule has 0 radical (unpaired) electrons. The van der Waals surface area contributed by atoms with Crippen LogP contribution in [0.5, 0.6) is 0 Å². The largest absolute Gasteiger partial charge is 0.297 e. The van der Waals surface area contributed by atoms with Gasteiger partial charge in [-0.25, -0.2) is 14.3 Å². The highest BCUT2D eigenvalue weighted by atomic mass is 19.1. The number of para-hydroxylation sites is 3. The number of anilines is 1. The van der Waals surface area contributed by atoms with Gasteiger partial charge in [0.25, 0.3) is 5.56 Å². The molecule has 0 aliphatic carbocycles. The van der Waals surface area contributed by atoms with Crippen molar-refractivity contribution in [3.63, 3.8) is 0 Å². The van der Waals surface area contributed by atoms with Gasteiger partial charge in [0.15, 0.2) is 0 Å². The topological polar surface area (TPSA) is 84.3 Å². The Morgan fingerprint density at radius 2 is 1.61 bits per heavy atom. The minimum atomic E-state index is -1.23. The lowest BCUT2D eigenvalue weighted by Gasteiger charge is -2.32. The summed E-state index contributed by atoms with van der Waals surface area (Å²) in [5, 5.41) is 4.14. The number of aromatic nitrogens is 2. The number of hydrogen-bond donors (Lipinski definition) is 1. The van der Waals surface area contributed by atoms with Crippen LogP contribution in [0.3, 0.4) is 0 Å². The van der Waals surface area contributed by atoms with Crippen molar-refractivity contribution in [2.24, 2.45) is 17.8 Å². The van der Waals surface area contributed by atoms with E-state index >= 15 is 0 Å². The maximum atomic E-state index is 14.9. The maximum absolute atomic E-state index is 14.9. The van der Waals surface area contributed by atoms with Crippen LogP contribution in [0.4, 0.5) is 10.1 Å². The molecule has 1 spiro atoms. The highest BCUT2D eigenvalue weighted by molar-refractivity contribution is 6.23. The Labute approximate surface area is 217 Å². The summed E-state index contributed by atoms with van der Waals surface area (Å²) in [6, 6.07) is 20.0. The average molecular weight is 509 g/mol. The molecule has 4 aromatic rings. The Bertz CT molecular complexity index is 1730. The Morgan fingerprint density at radius 1 is 0.921 bits per heavy atom. The summed E-state index contributed by atoms with van der Waals surface area (Å²) in [4.78, 5) is 48.1. The molecule has 7 rings (SSSR count). The van der Waals surface area contributed by atoms with Gasteiger partial charge >= 0.3 is 0 Å². The minimum absolute atomic E-state index is 0.0505. The van der Waals surface area contributed by atoms with Crippen LogP contribution in [-0.2, 0) is 15.1 Å². The van der Waals surface area contributed by atoms with E-state index < -0.39 is 35.0 Å². The summed E-state index contributed by atoms with van der Waals surface area (Å²) in [7, 11) is 0. The third-order valence-electron chi connectivity index (χ3n) is 8.18. The van der Waals surface area contributed by atoms with Gasteiger partial charge in [0.05, 0.1) is 34.1 Å². The van der Waals surface area contributed by atoms with Gasteiger partial charge in [-0.15, -0.1) is 0 Å². The number of halogens is 1. The lowest BCUT2D eigenvalue weighted by Crippen LogP contribution is -2.50. The molecule has 0 saturated carbocycles. The smallest absolute Gasteiger partial charge is 0.266 e. The van der Waals surface area contributed by atoms with Crippen LogP contribution in [0.25, 0.3) is 16.6 Å². The standard InChI is InChI=1S/C30H25FN4O3/c1-16(2)15-21-24-25(28(38)34(27(24)37)23-14-8-5-11-19(23)31)30(33-21)18-10-4-7-13-22(18)35-26(36)17-9-3-6-12-20(17)32-29(30)35/h3-14,16,21,24-25,33H,15H2,1-2H3/t21-,24+,25-,30-/m1/s1. The van der Waals surface area contributed by atoms with E-state index in [-0.39, 0.29) is 23.2 Å². The van der Waals surface area contributed by atoms with Crippen LogP contribution >= 0.6 is 0 Å². The lowest BCUT2D eigenvalue weighted by molar-refractivity contribution is -0.123. The van der Waals surface area contributed by atoms with Crippen molar-refractivity contribution in [2.75, 3.05) is 4.90 Å². The fourth-order valence-electron chi connectivity index (χ4n) is 6.80. The molecule has 1 N–H and O–H groups in total. The van der Waals surface area contributed by atoms with Gasteiger partial charge in [0.1, 0.15) is 17.2 Å². The molecule has 7 nitrogen and oxygen atoms in total. The average Bonchev–Trinajstić information content (AvgIpc) is 3.48. The Balaban J connectivity index is 1.53. The SMILES string of the molecule is CC(C)C[C@H]1N[C@]2(c3ccccc3-n3c2nc2ccccc2c3=O)[C@H]2C(=O)N(c3ccccc3F)C(=O)[C@@H]12. The first-order valence-corrected chi connectivity index (χ1v) is 12.9. The van der Waals surface area contributed by atoms with Crippen LogP contribution in [0.15, 0.2) is 77.6 Å². The molecule has 0 bridgehead atoms. The van der Waals surface area contributed by atoms with E-state index in [1.54, 1.807) is 28.8 Å². The molecule has 4 heterocycles. The normalized spacial score (nSPS) is 25.5. The zero-order valence-corrected chi connectivity index (χ0v) is 20.9. The van der Waals surface area contributed by atoms with Gasteiger partial charge in [0.2, 0.25) is 11.8 Å². The van der Waals surface area contributed by atoms with Crippen molar-refractivity contribution in [1.29, 1.82) is 0 Å². The van der Waals surface area contributed by atoms with Crippen molar-refractivity contribution in [1.82, 2.24) is 14.9 Å². The highest BCUT2D eigenvalue weighted by Gasteiger charge is 2.69. The van der Waals surface area contributed by atoms with Gasteiger partial charge in [-0.1, -0.05) is 56.3 Å². The van der Waals surface area contributed by atoms with E-state index in [4.69, 9.17) is 4.98 Å². The van der Waals surface area contributed by atoms with Crippen LogP contribution in [0.2, 0.25) is 0 Å². The predicted molar refractivity (Wildman–Crippen MR) is 140 cm³/mol. The van der Waals surface area contributed by atoms with E-state index in [0.717, 1.165) is 10.5 Å². The number of rotatable bonds is 3. The summed E-state index contributed by atoms with van der Waals surface area (Å²) in [5.74, 6) is -2.59. The second-order valence-electron chi connectivity index (χ2n) is 10.8. The molecule has 2 amide bonds. The second-order valence-corrected chi connectivity index (χ2v) is 10.8. The van der Waals surface area contributed by atoms with Crippen LogP contribution in [0.1, 0.15) is 31.7 Å². The monoisotopic (exact) mass is 508 g/mol. The third-order valence-corrected chi connectivity index (χ3v) is 8.18. The van der Waals surface area contributed by atoms with E-state index in [2.05, 4.69) is 19.2 Å². The number of carbonyl (C=O) groups excluding carboxylic acids is 2. The fraction of sp³-hybridized carbons (Fsp3) is 0.267. The van der Waals surface area contributed by atoms with E-state index in [1.807, 2.05) is 30.3 Å². The lowest BCUT2D eigenvalue weighted by atomic mass is 9.75. The van der Waals surface area contributed by atoms with E-state index in [9.17, 15) is 18.8 Å². The number of imide groups is 1. The summed E-state index contributed by atoms with van der Waals surface area (Å²) in [6.07, 6.45) is 0.618. The molecule has 190 valence electrons. The van der Waals surface area contributed by atoms with Crippen LogP contribution in [0, 0.1) is 23.6 Å². The zero-order chi connectivity index (χ0) is 26.3. The number of fused-ring (bicyclic) bond motifs is 8. The number of nitrogens with one attached hydrogen (secondary N) is 1. The molecule has 3 aromatic carbocycles. The van der Waals surface area contributed by atoms with Gasteiger partial charge in [-0.05, 0) is 42.7 Å². The van der Waals surface area contributed by atoms with Crippen molar-refractivity contribution in [2.45, 2.75) is 31.8 Å². The molecule has 1 aromatic heterocycles. The molecule has 2 saturated heterocycles. The zero-order valence-electron chi connectivity index (χ0n) is 20.9. The van der Waals surface area contributed by atoms with Crippen LogP contribution < -0.4 is 15.8 Å². The summed E-state index contributed by atoms with van der Waals surface area (Å²) >= 11 is 0. The first-order valence-electron chi connectivity index (χ1n) is 12.9. The third kappa shape index (κ3) is 2.81. The highest BCUT2D eigenvalue weighted by Crippen LogP contribution is 2.56. The quantitative estimate of drug-likeness (QED) is 0.425. The fourth-order valence-corrected chi connectivity index (χ4v) is 6.80. The van der Waals surface area contributed by atoms with Gasteiger partial charge in [-0.2, -0.15) is 0 Å². The molecule has 2 fully saturated rings. The van der Waals surface area contributed by atoms with Crippen molar-refractivity contribution < 1.29 is 14.0 Å². The summed E-state index contributed by atoms with van der Waals surface area (Å²) in [5.41, 5.74) is 0.360. The van der Waals surface area contributed by atoms with Crippen molar-refractivity contribution in [3.8, 4) is 5.69 Å². The second kappa shape index (κ2) is 7.91. The Morgan fingerprint density at radius 3 is 2.37 bits per heavy atom. The van der Waals surface area contributed by atoms with Crippen molar-refractivity contribution in [3.05, 3.63) is 100 Å². The maximum Gasteiger partial charge on any atom is 0.266 e. The van der Waals surface area contributed by atoms with Gasteiger partial charge < -0.3 is 0 Å². The van der Waals surface area contributed by atoms with E-state index in [1.165, 1.54) is 18.2 Å². The number of benzene rings is 3. The number of nitrogens with zero attached hydrogens (tertiary/aromatic N) is 3. The van der Waals surface area contributed by atoms with Gasteiger partial charge in [0, 0.05) is 11.6 Å². The van der Waals surface area contributed by atoms with Gasteiger partial charge in [-0.3, -0.25) is 24.3 Å². The number of amides is 2. The van der Waals surface area contributed by atoms with E-state index in [0.29, 0.717) is 28.8 Å². The summed E-state index contributed by atoms with van der Waals surface area (Å²) < 4.78 is 16.5.